The first-order chi connectivity index (χ1) is 8.91. The van der Waals surface area contributed by atoms with E-state index in [9.17, 15) is 13.2 Å². The van der Waals surface area contributed by atoms with Gasteiger partial charge in [-0.15, -0.1) is 0 Å². The van der Waals surface area contributed by atoms with Crippen molar-refractivity contribution in [3.8, 4) is 0 Å². The Morgan fingerprint density at radius 2 is 2.00 bits per heavy atom. The minimum absolute atomic E-state index is 0.171. The molecule has 0 radical (unpaired) electrons. The fraction of sp³-hybridized carbons (Fsp3) is 0.667. The largest absolute Gasteiger partial charge is 0.451 e. The molecular formula is C12H13ClF3N3. The highest BCUT2D eigenvalue weighted by Gasteiger charge is 2.40. The molecule has 0 amide bonds. The van der Waals surface area contributed by atoms with E-state index in [0.29, 0.717) is 11.8 Å². The van der Waals surface area contributed by atoms with Gasteiger partial charge in [0.25, 0.3) is 0 Å². The molecule has 0 spiro atoms. The average molecular weight is 292 g/mol. The molecule has 2 aliphatic carbocycles. The summed E-state index contributed by atoms with van der Waals surface area (Å²) in [6.07, 6.45) is -0.0132. The summed E-state index contributed by atoms with van der Waals surface area (Å²) in [5.74, 6) is 0.241. The molecule has 3 rings (SSSR count). The second-order valence-electron chi connectivity index (χ2n) is 5.32. The Morgan fingerprint density at radius 1 is 1.21 bits per heavy atom. The lowest BCUT2D eigenvalue weighted by molar-refractivity contribution is -0.144. The van der Waals surface area contributed by atoms with E-state index in [1.807, 2.05) is 0 Å². The second kappa shape index (κ2) is 4.51. The van der Waals surface area contributed by atoms with Crippen LogP contribution in [0.5, 0.6) is 0 Å². The van der Waals surface area contributed by atoms with E-state index in [0.717, 1.165) is 12.8 Å². The molecule has 2 fully saturated rings. The minimum Gasteiger partial charge on any atom is -0.367 e. The second-order valence-corrected chi connectivity index (χ2v) is 5.71. The van der Waals surface area contributed by atoms with Crippen LogP contribution >= 0.6 is 11.6 Å². The molecule has 0 aromatic carbocycles. The lowest BCUT2D eigenvalue weighted by Gasteiger charge is -2.23. The van der Waals surface area contributed by atoms with Gasteiger partial charge in [0.2, 0.25) is 5.82 Å². The number of hydrogen-bond acceptors (Lipinski definition) is 3. The van der Waals surface area contributed by atoms with Crippen LogP contribution in [0.2, 0.25) is 5.15 Å². The highest BCUT2D eigenvalue weighted by molar-refractivity contribution is 6.29. The van der Waals surface area contributed by atoms with Crippen LogP contribution in [0.3, 0.4) is 0 Å². The van der Waals surface area contributed by atoms with Crippen LogP contribution in [0.15, 0.2) is 6.07 Å². The third-order valence-electron chi connectivity index (χ3n) is 4.02. The van der Waals surface area contributed by atoms with Crippen molar-refractivity contribution in [1.29, 1.82) is 0 Å². The zero-order chi connectivity index (χ0) is 13.6. The Balaban J connectivity index is 1.79. The van der Waals surface area contributed by atoms with Crippen molar-refractivity contribution in [1.82, 2.24) is 9.97 Å². The first kappa shape index (κ1) is 13.0. The lowest BCUT2D eigenvalue weighted by atomic mass is 9.95. The molecule has 1 heterocycles. The van der Waals surface area contributed by atoms with E-state index < -0.39 is 12.0 Å². The predicted molar refractivity (Wildman–Crippen MR) is 64.9 cm³/mol. The normalized spacial score (nSPS) is 29.8. The maximum absolute atomic E-state index is 12.6. The molecule has 104 valence electrons. The van der Waals surface area contributed by atoms with E-state index in [2.05, 4.69) is 15.3 Å². The molecule has 1 aromatic heterocycles. The number of halogens is 4. The van der Waals surface area contributed by atoms with Crippen LogP contribution in [0.4, 0.5) is 19.0 Å². The van der Waals surface area contributed by atoms with Crippen molar-refractivity contribution < 1.29 is 13.2 Å². The van der Waals surface area contributed by atoms with E-state index in [4.69, 9.17) is 11.6 Å². The Morgan fingerprint density at radius 3 is 2.58 bits per heavy atom. The Bertz CT molecular complexity index is 492. The van der Waals surface area contributed by atoms with E-state index in [-0.39, 0.29) is 17.0 Å². The highest BCUT2D eigenvalue weighted by atomic mass is 35.5. The van der Waals surface area contributed by atoms with Gasteiger partial charge in [-0.25, -0.2) is 9.97 Å². The van der Waals surface area contributed by atoms with Crippen molar-refractivity contribution in [3.63, 3.8) is 0 Å². The van der Waals surface area contributed by atoms with Gasteiger partial charge in [0.1, 0.15) is 11.0 Å². The summed E-state index contributed by atoms with van der Waals surface area (Å²) in [6, 6.07) is 1.56. The van der Waals surface area contributed by atoms with Gasteiger partial charge in [0.05, 0.1) is 0 Å². The van der Waals surface area contributed by atoms with E-state index in [1.165, 1.54) is 18.9 Å². The van der Waals surface area contributed by atoms with Gasteiger partial charge in [-0.3, -0.25) is 0 Å². The van der Waals surface area contributed by atoms with Gasteiger partial charge in [0.15, 0.2) is 0 Å². The van der Waals surface area contributed by atoms with E-state index >= 15 is 0 Å². The zero-order valence-electron chi connectivity index (χ0n) is 10.0. The molecule has 0 saturated heterocycles. The maximum atomic E-state index is 12.6. The summed E-state index contributed by atoms with van der Waals surface area (Å²) in [7, 11) is 0. The maximum Gasteiger partial charge on any atom is 0.451 e. The monoisotopic (exact) mass is 291 g/mol. The number of hydrogen-bond donors (Lipinski definition) is 1. The molecule has 3 unspecified atom stereocenters. The predicted octanol–water partition coefficient (Wildman–Crippen LogP) is 3.75. The fourth-order valence-corrected chi connectivity index (χ4v) is 3.41. The molecule has 3 atom stereocenters. The standard InChI is InChI=1S/C12H13ClF3N3/c13-9-5-10(19-11(18-9)12(14,15)16)17-8-4-6-1-2-7(8)3-6/h5-8H,1-4H2,(H,17,18,19). The topological polar surface area (TPSA) is 37.8 Å². The fourth-order valence-electron chi connectivity index (χ4n) is 3.23. The molecular weight excluding hydrogens is 279 g/mol. The first-order valence-electron chi connectivity index (χ1n) is 6.30. The van der Waals surface area contributed by atoms with Crippen LogP contribution in [0.1, 0.15) is 31.5 Å². The molecule has 1 N–H and O–H groups in total. The molecule has 19 heavy (non-hydrogen) atoms. The summed E-state index contributed by atoms with van der Waals surface area (Å²) in [5.41, 5.74) is 0. The summed E-state index contributed by atoms with van der Waals surface area (Å²) < 4.78 is 37.8. The number of rotatable bonds is 2. The Kier molecular flexibility index (Phi) is 3.08. The molecule has 2 bridgehead atoms. The number of alkyl halides is 3. The van der Waals surface area contributed by atoms with Crippen LogP contribution in [-0.4, -0.2) is 16.0 Å². The lowest BCUT2D eigenvalue weighted by Crippen LogP contribution is -2.27. The molecule has 0 aliphatic heterocycles. The minimum atomic E-state index is -4.57. The van der Waals surface area contributed by atoms with Gasteiger partial charge in [0, 0.05) is 12.1 Å². The van der Waals surface area contributed by atoms with Crippen molar-refractivity contribution in [2.45, 2.75) is 37.9 Å². The van der Waals surface area contributed by atoms with Crippen molar-refractivity contribution >= 4 is 17.4 Å². The van der Waals surface area contributed by atoms with Gasteiger partial charge in [-0.1, -0.05) is 18.0 Å². The van der Waals surface area contributed by atoms with Crippen molar-refractivity contribution in [3.05, 3.63) is 17.0 Å². The highest BCUT2D eigenvalue weighted by Crippen LogP contribution is 2.45. The molecule has 2 aliphatic rings. The summed E-state index contributed by atoms with van der Waals surface area (Å²) in [6.45, 7) is 0. The third-order valence-corrected chi connectivity index (χ3v) is 4.21. The Hall–Kier alpha value is -1.04. The Labute approximate surface area is 113 Å². The molecule has 2 saturated carbocycles. The van der Waals surface area contributed by atoms with Gasteiger partial charge in [-0.05, 0) is 31.1 Å². The molecule has 3 nitrogen and oxygen atoms in total. The first-order valence-corrected chi connectivity index (χ1v) is 6.68. The SMILES string of the molecule is FC(F)(F)c1nc(Cl)cc(NC2CC3CCC2C3)n1. The van der Waals surface area contributed by atoms with Crippen LogP contribution in [0, 0.1) is 11.8 Å². The number of nitrogens with one attached hydrogen (secondary N) is 1. The van der Waals surface area contributed by atoms with Gasteiger partial charge in [-0.2, -0.15) is 13.2 Å². The summed E-state index contributed by atoms with van der Waals surface area (Å²) in [5, 5.41) is 2.90. The van der Waals surface area contributed by atoms with Gasteiger partial charge < -0.3 is 5.32 Å². The number of aromatic nitrogens is 2. The van der Waals surface area contributed by atoms with Crippen LogP contribution < -0.4 is 5.32 Å². The smallest absolute Gasteiger partial charge is 0.367 e. The van der Waals surface area contributed by atoms with Crippen molar-refractivity contribution in [2.75, 3.05) is 5.32 Å². The third kappa shape index (κ3) is 2.63. The van der Waals surface area contributed by atoms with Crippen LogP contribution in [0.25, 0.3) is 0 Å². The van der Waals surface area contributed by atoms with E-state index in [1.54, 1.807) is 0 Å². The number of nitrogens with zero attached hydrogens (tertiary/aromatic N) is 2. The zero-order valence-corrected chi connectivity index (χ0v) is 10.8. The number of anilines is 1. The van der Waals surface area contributed by atoms with Gasteiger partial charge >= 0.3 is 6.18 Å². The molecule has 7 heteroatoms. The van der Waals surface area contributed by atoms with Crippen LogP contribution in [-0.2, 0) is 6.18 Å². The number of fused-ring (bicyclic) bond motifs is 2. The summed E-state index contributed by atoms with van der Waals surface area (Å²) in [4.78, 5) is 6.74. The average Bonchev–Trinajstić information content (AvgIpc) is 2.88. The molecule has 1 aromatic rings. The quantitative estimate of drug-likeness (QED) is 0.843. The summed E-state index contributed by atoms with van der Waals surface area (Å²) >= 11 is 5.63. The van der Waals surface area contributed by atoms with Crippen molar-refractivity contribution in [2.24, 2.45) is 11.8 Å².